The summed E-state index contributed by atoms with van der Waals surface area (Å²) in [5, 5.41) is 0.540. The lowest BCUT2D eigenvalue weighted by atomic mass is 10.1. The molecule has 2 aromatic carbocycles. The zero-order valence-electron chi connectivity index (χ0n) is 14.3. The number of nitrogens with zero attached hydrogens (tertiary/aromatic N) is 1. The Balaban J connectivity index is 1.86. The van der Waals surface area contributed by atoms with Gasteiger partial charge in [-0.2, -0.15) is 4.31 Å². The summed E-state index contributed by atoms with van der Waals surface area (Å²) >= 11 is 5.76. The average molecular weight is 414 g/mol. The molecule has 2 amide bonds. The molecular weight excluding hydrogens is 397 g/mol. The van der Waals surface area contributed by atoms with Crippen molar-refractivity contribution in [2.75, 3.05) is 13.6 Å². The Labute approximate surface area is 161 Å². The highest BCUT2D eigenvalue weighted by atomic mass is 35.5. The van der Waals surface area contributed by atoms with Gasteiger partial charge in [-0.3, -0.25) is 20.4 Å². The highest BCUT2D eigenvalue weighted by molar-refractivity contribution is 7.89. The number of hydrogen-bond donors (Lipinski definition) is 2. The maximum Gasteiger partial charge on any atom is 0.253 e. The van der Waals surface area contributed by atoms with Crippen LogP contribution >= 0.6 is 11.6 Å². The second-order valence-corrected chi connectivity index (χ2v) is 8.10. The molecule has 0 aliphatic heterocycles. The van der Waals surface area contributed by atoms with Gasteiger partial charge < -0.3 is 0 Å². The number of rotatable bonds is 6. The van der Waals surface area contributed by atoms with E-state index in [1.807, 2.05) is 0 Å². The summed E-state index contributed by atoms with van der Waals surface area (Å²) in [6.07, 6.45) is 0.0150. The van der Waals surface area contributed by atoms with Crippen LogP contribution in [0, 0.1) is 5.82 Å². The summed E-state index contributed by atoms with van der Waals surface area (Å²) in [4.78, 5) is 23.5. The van der Waals surface area contributed by atoms with E-state index in [0.29, 0.717) is 10.6 Å². The van der Waals surface area contributed by atoms with Gasteiger partial charge in [0.15, 0.2) is 0 Å². The van der Waals surface area contributed by atoms with Gasteiger partial charge in [0, 0.05) is 12.1 Å². The van der Waals surface area contributed by atoms with E-state index >= 15 is 0 Å². The van der Waals surface area contributed by atoms with Crippen molar-refractivity contribution in [1.82, 2.24) is 15.2 Å². The second-order valence-electron chi connectivity index (χ2n) is 5.61. The lowest BCUT2D eigenvalue weighted by Crippen LogP contribution is -2.47. The average Bonchev–Trinajstić information content (AvgIpc) is 2.62. The maximum atomic E-state index is 12.9. The van der Waals surface area contributed by atoms with Crippen LogP contribution in [0.15, 0.2) is 53.4 Å². The zero-order valence-corrected chi connectivity index (χ0v) is 15.8. The van der Waals surface area contributed by atoms with Crippen LogP contribution < -0.4 is 10.9 Å². The number of amides is 2. The Hall–Kier alpha value is -2.49. The summed E-state index contributed by atoms with van der Waals surface area (Å²) in [5.41, 5.74) is 5.05. The van der Waals surface area contributed by atoms with Gasteiger partial charge in [0.2, 0.25) is 15.9 Å². The van der Waals surface area contributed by atoms with Crippen molar-refractivity contribution >= 4 is 33.4 Å². The first-order chi connectivity index (χ1) is 12.7. The lowest BCUT2D eigenvalue weighted by molar-refractivity contribution is -0.128. The van der Waals surface area contributed by atoms with Crippen LogP contribution in [0.1, 0.15) is 5.56 Å². The largest absolute Gasteiger partial charge is 0.273 e. The van der Waals surface area contributed by atoms with Gasteiger partial charge in [0.05, 0.1) is 17.9 Å². The van der Waals surface area contributed by atoms with E-state index in [4.69, 9.17) is 11.6 Å². The van der Waals surface area contributed by atoms with Gasteiger partial charge in [-0.15, -0.1) is 0 Å². The van der Waals surface area contributed by atoms with E-state index in [1.54, 1.807) is 24.3 Å². The molecule has 0 fully saturated rings. The molecule has 0 bridgehead atoms. The maximum absolute atomic E-state index is 12.9. The third-order valence-electron chi connectivity index (χ3n) is 3.51. The van der Waals surface area contributed by atoms with Crippen molar-refractivity contribution in [3.8, 4) is 0 Å². The third-order valence-corrected chi connectivity index (χ3v) is 5.58. The number of carbonyl (C=O) groups excluding carboxylic acids is 2. The lowest BCUT2D eigenvalue weighted by Gasteiger charge is -2.17. The van der Waals surface area contributed by atoms with Crippen molar-refractivity contribution in [3.63, 3.8) is 0 Å². The molecule has 0 saturated heterocycles. The van der Waals surface area contributed by atoms with Gasteiger partial charge >= 0.3 is 0 Å². The van der Waals surface area contributed by atoms with Crippen LogP contribution in [0.3, 0.4) is 0 Å². The van der Waals surface area contributed by atoms with Crippen molar-refractivity contribution < 1.29 is 22.4 Å². The molecule has 27 heavy (non-hydrogen) atoms. The van der Waals surface area contributed by atoms with Gasteiger partial charge in [-0.05, 0) is 42.0 Å². The first-order valence-electron chi connectivity index (χ1n) is 7.72. The zero-order chi connectivity index (χ0) is 20.0. The monoisotopic (exact) mass is 413 g/mol. The standard InChI is InChI=1S/C17H17ClFN3O4S/c1-22(27(25,26)15-8-6-14(19)7-9-15)11-17(24)21-20-16(23)10-12-2-4-13(18)5-3-12/h2-9H,10-11H2,1H3,(H,20,23)(H,21,24). The van der Waals surface area contributed by atoms with E-state index in [9.17, 15) is 22.4 Å². The van der Waals surface area contributed by atoms with Crippen LogP contribution in [-0.2, 0) is 26.0 Å². The fourth-order valence-corrected chi connectivity index (χ4v) is 3.34. The molecule has 0 spiro atoms. The van der Waals surface area contributed by atoms with E-state index in [2.05, 4.69) is 10.9 Å². The number of halogens is 2. The van der Waals surface area contributed by atoms with Crippen molar-refractivity contribution in [2.24, 2.45) is 0 Å². The molecule has 0 saturated carbocycles. The minimum Gasteiger partial charge on any atom is -0.273 e. The highest BCUT2D eigenvalue weighted by Gasteiger charge is 2.23. The smallest absolute Gasteiger partial charge is 0.253 e. The predicted octanol–water partition coefficient (Wildman–Crippen LogP) is 1.49. The Bertz CT molecular complexity index is 918. The Morgan fingerprint density at radius 2 is 1.56 bits per heavy atom. The first kappa shape index (κ1) is 20.8. The Kier molecular flexibility index (Phi) is 6.89. The molecule has 10 heteroatoms. The second kappa shape index (κ2) is 8.94. The Morgan fingerprint density at radius 3 is 2.15 bits per heavy atom. The van der Waals surface area contributed by atoms with E-state index in [-0.39, 0.29) is 11.3 Å². The predicted molar refractivity (Wildman–Crippen MR) is 97.7 cm³/mol. The molecule has 0 aromatic heterocycles. The van der Waals surface area contributed by atoms with Crippen molar-refractivity contribution in [2.45, 2.75) is 11.3 Å². The highest BCUT2D eigenvalue weighted by Crippen LogP contribution is 2.14. The topological polar surface area (TPSA) is 95.6 Å². The van der Waals surface area contributed by atoms with Crippen LogP contribution in [0.2, 0.25) is 5.02 Å². The molecule has 144 valence electrons. The molecule has 2 aromatic rings. The fourth-order valence-electron chi connectivity index (χ4n) is 2.08. The first-order valence-corrected chi connectivity index (χ1v) is 9.54. The summed E-state index contributed by atoms with van der Waals surface area (Å²) in [6.45, 7) is -0.527. The SMILES string of the molecule is CN(CC(=O)NNC(=O)Cc1ccc(Cl)cc1)S(=O)(=O)c1ccc(F)cc1. The van der Waals surface area contributed by atoms with Crippen LogP contribution in [0.25, 0.3) is 0 Å². The van der Waals surface area contributed by atoms with Crippen molar-refractivity contribution in [3.05, 3.63) is 64.9 Å². The number of hydrazine groups is 1. The minimum atomic E-state index is -3.96. The molecule has 0 unspecified atom stereocenters. The number of sulfonamides is 1. The quantitative estimate of drug-likeness (QED) is 0.701. The van der Waals surface area contributed by atoms with Gasteiger partial charge in [-0.1, -0.05) is 23.7 Å². The molecule has 0 atom stereocenters. The molecular formula is C17H17ClFN3O4S. The van der Waals surface area contributed by atoms with E-state index < -0.39 is 34.2 Å². The molecule has 0 radical (unpaired) electrons. The number of benzene rings is 2. The van der Waals surface area contributed by atoms with Gasteiger partial charge in [0.1, 0.15) is 5.82 Å². The number of nitrogens with one attached hydrogen (secondary N) is 2. The van der Waals surface area contributed by atoms with Crippen LogP contribution in [-0.4, -0.2) is 38.1 Å². The number of hydrogen-bond acceptors (Lipinski definition) is 4. The van der Waals surface area contributed by atoms with E-state index in [1.165, 1.54) is 7.05 Å². The molecule has 2 N–H and O–H groups in total. The fraction of sp³-hybridized carbons (Fsp3) is 0.176. The summed E-state index contributed by atoms with van der Waals surface area (Å²) < 4.78 is 38.3. The van der Waals surface area contributed by atoms with Gasteiger partial charge in [-0.25, -0.2) is 12.8 Å². The van der Waals surface area contributed by atoms with Crippen molar-refractivity contribution in [1.29, 1.82) is 0 Å². The summed E-state index contributed by atoms with van der Waals surface area (Å²) in [5.74, 6) is -1.78. The molecule has 0 heterocycles. The molecule has 7 nitrogen and oxygen atoms in total. The number of carbonyl (C=O) groups is 2. The molecule has 0 aliphatic rings. The summed E-state index contributed by atoms with van der Waals surface area (Å²) in [7, 11) is -2.76. The molecule has 0 aliphatic carbocycles. The van der Waals surface area contributed by atoms with Crippen LogP contribution in [0.5, 0.6) is 0 Å². The number of likely N-dealkylation sites (N-methyl/N-ethyl adjacent to an activating group) is 1. The van der Waals surface area contributed by atoms with Gasteiger partial charge in [0.25, 0.3) is 5.91 Å². The summed E-state index contributed by atoms with van der Waals surface area (Å²) in [6, 6.07) is 10.9. The van der Waals surface area contributed by atoms with Crippen LogP contribution in [0.4, 0.5) is 4.39 Å². The minimum absolute atomic E-state index is 0.0150. The Morgan fingerprint density at radius 1 is 1.00 bits per heavy atom. The molecule has 2 rings (SSSR count). The normalized spacial score (nSPS) is 11.3. The van der Waals surface area contributed by atoms with E-state index in [0.717, 1.165) is 28.6 Å². The third kappa shape index (κ3) is 6.02.